The molecule has 0 amide bonds. The Bertz CT molecular complexity index is 1150. The fourth-order valence-corrected chi connectivity index (χ4v) is 3.27. The number of carbonyl (C=O) groups excluding carboxylic acids is 5. The molecule has 0 aromatic heterocycles. The van der Waals surface area contributed by atoms with Gasteiger partial charge in [-0.3, -0.25) is 29.3 Å². The smallest absolute Gasteiger partial charge is 0.341 e. The summed E-state index contributed by atoms with van der Waals surface area (Å²) in [6.45, 7) is -4.37. The molecular weight excluding hydrogens is 502 g/mol. The average Bonchev–Trinajstić information content (AvgIpc) is 2.97. The number of hydrogen-bond acceptors (Lipinski definition) is 14. The number of nitro groups is 1. The molecule has 1 saturated heterocycles. The van der Waals surface area contributed by atoms with Crippen LogP contribution in [-0.4, -0.2) is 79.2 Å². The van der Waals surface area contributed by atoms with Crippen LogP contribution in [0.15, 0.2) is 18.2 Å². The molecular formula is C22H25NO14. The summed E-state index contributed by atoms with van der Waals surface area (Å²) in [6.07, 6.45) is -8.89. The highest BCUT2D eigenvalue weighted by atomic mass is 16.7. The van der Waals surface area contributed by atoms with E-state index < -0.39 is 117 Å². The molecule has 2 rings (SSSR count). The van der Waals surface area contributed by atoms with Crippen LogP contribution < -0.4 is 4.74 Å². The number of rotatable bonds is 9. The summed E-state index contributed by atoms with van der Waals surface area (Å²) < 4.78 is 65.5. The van der Waals surface area contributed by atoms with Crippen molar-refractivity contribution in [2.45, 2.75) is 58.3 Å². The summed E-state index contributed by atoms with van der Waals surface area (Å²) in [7, 11) is 0.985. The van der Waals surface area contributed by atoms with Gasteiger partial charge < -0.3 is 33.2 Å². The van der Waals surface area contributed by atoms with Gasteiger partial charge in [-0.1, -0.05) is 0 Å². The minimum absolute atomic E-state index is 0.409. The van der Waals surface area contributed by atoms with Gasteiger partial charge in [0.15, 0.2) is 12.2 Å². The molecule has 15 nitrogen and oxygen atoms in total. The van der Waals surface area contributed by atoms with Crippen LogP contribution in [0.5, 0.6) is 5.75 Å². The molecule has 0 saturated carbocycles. The lowest BCUT2D eigenvalue weighted by atomic mass is 9.98. The monoisotopic (exact) mass is 531 g/mol. The highest BCUT2D eigenvalue weighted by Gasteiger charge is 2.53. The van der Waals surface area contributed by atoms with Crippen molar-refractivity contribution in [3.63, 3.8) is 0 Å². The van der Waals surface area contributed by atoms with Gasteiger partial charge in [0, 0.05) is 45.2 Å². The Hall–Kier alpha value is -4.27. The molecule has 0 radical (unpaired) electrons. The van der Waals surface area contributed by atoms with Gasteiger partial charge in [0.25, 0.3) is 5.69 Å². The molecule has 1 unspecified atom stereocenters. The molecule has 0 bridgehead atoms. The SMILES string of the molecule is [2H]CC(=O)OC[C@H]1OC(Oc2ccc([N+](=O)[O-])cc2C(=O)OC)[C@H](OC(=O)C[2H])[C@@H](OC(=O)C[2H])[C@H]1OC(=O)C[2H]. The van der Waals surface area contributed by atoms with Crippen molar-refractivity contribution in [3.8, 4) is 5.75 Å². The first-order valence-corrected chi connectivity index (χ1v) is 10.1. The number of carbonyl (C=O) groups is 5. The molecule has 0 aliphatic carbocycles. The van der Waals surface area contributed by atoms with Crippen LogP contribution in [0.4, 0.5) is 5.69 Å². The molecule has 15 heteroatoms. The topological polar surface area (TPSA) is 193 Å². The van der Waals surface area contributed by atoms with Crippen LogP contribution in [0.1, 0.15) is 43.4 Å². The molecule has 1 aliphatic rings. The van der Waals surface area contributed by atoms with Crippen molar-refractivity contribution < 1.29 is 67.5 Å². The Balaban J connectivity index is 2.65. The normalized spacial score (nSPS) is 24.1. The van der Waals surface area contributed by atoms with Crippen LogP contribution in [0.25, 0.3) is 0 Å². The molecule has 202 valence electrons. The molecule has 1 heterocycles. The summed E-state index contributed by atoms with van der Waals surface area (Å²) in [5.41, 5.74) is -1.00. The molecule has 1 aliphatic heterocycles. The second kappa shape index (κ2) is 12.6. The lowest BCUT2D eigenvalue weighted by Gasteiger charge is -2.44. The number of hydrogen-bond donors (Lipinski definition) is 0. The van der Waals surface area contributed by atoms with Crippen molar-refractivity contribution in [1.29, 1.82) is 0 Å². The predicted octanol–water partition coefficient (Wildman–Crippen LogP) is 0.843. The molecule has 1 aromatic carbocycles. The van der Waals surface area contributed by atoms with E-state index in [0.29, 0.717) is 0 Å². The zero-order valence-corrected chi connectivity index (χ0v) is 19.3. The Morgan fingerprint density at radius 2 is 1.54 bits per heavy atom. The number of ether oxygens (including phenoxy) is 7. The maximum absolute atomic E-state index is 12.4. The Labute approximate surface area is 215 Å². The second-order valence-corrected chi connectivity index (χ2v) is 7.14. The van der Waals surface area contributed by atoms with E-state index in [2.05, 4.69) is 4.74 Å². The number of nitrogens with zero attached hydrogens (tertiary/aromatic N) is 1. The molecule has 37 heavy (non-hydrogen) atoms. The lowest BCUT2D eigenvalue weighted by molar-refractivity contribution is -0.384. The van der Waals surface area contributed by atoms with Crippen molar-refractivity contribution in [1.82, 2.24) is 0 Å². The first-order valence-electron chi connectivity index (χ1n) is 12.9. The molecule has 0 spiro atoms. The van der Waals surface area contributed by atoms with E-state index in [1.807, 2.05) is 0 Å². The zero-order chi connectivity index (χ0) is 30.7. The van der Waals surface area contributed by atoms with Gasteiger partial charge in [0.2, 0.25) is 12.4 Å². The van der Waals surface area contributed by atoms with Gasteiger partial charge in [-0.25, -0.2) is 4.79 Å². The van der Waals surface area contributed by atoms with Gasteiger partial charge >= 0.3 is 29.8 Å². The van der Waals surface area contributed by atoms with Crippen LogP contribution >= 0.6 is 0 Å². The minimum Gasteiger partial charge on any atom is -0.465 e. The molecule has 1 fully saturated rings. The summed E-state index contributed by atoms with van der Waals surface area (Å²) in [4.78, 5) is 70.9. The molecule has 1 aromatic rings. The van der Waals surface area contributed by atoms with Crippen molar-refractivity contribution in [2.75, 3.05) is 13.7 Å². The summed E-state index contributed by atoms with van der Waals surface area (Å²) >= 11 is 0. The van der Waals surface area contributed by atoms with Gasteiger partial charge in [-0.15, -0.1) is 0 Å². The lowest BCUT2D eigenvalue weighted by Crippen LogP contribution is -2.63. The standard InChI is InChI=1S/C22H25NO14/c1-10(24)32-9-17-18(33-11(2)25)19(34-12(3)26)20(35-13(4)27)22(37-17)36-16-7-6-14(23(29)30)8-15(16)21(28)31-5/h6-8,17-20,22H,9H2,1-5H3/t17-,18+,19+,20-,22?/m1/s1/i1D,2D,3D,4D. The Kier molecular flexibility index (Phi) is 7.89. The Morgan fingerprint density at radius 1 is 0.946 bits per heavy atom. The summed E-state index contributed by atoms with van der Waals surface area (Å²) in [5.74, 6) is -6.12. The maximum atomic E-state index is 12.4. The van der Waals surface area contributed by atoms with E-state index in [1.54, 1.807) is 0 Å². The number of esters is 5. The van der Waals surface area contributed by atoms with E-state index in [4.69, 9.17) is 33.9 Å². The summed E-state index contributed by atoms with van der Waals surface area (Å²) in [5, 5.41) is 11.2. The average molecular weight is 531 g/mol. The fraction of sp³-hybridized carbons (Fsp3) is 0.500. The number of benzene rings is 1. The third-order valence-electron chi connectivity index (χ3n) is 4.62. The maximum Gasteiger partial charge on any atom is 0.341 e. The highest BCUT2D eigenvalue weighted by molar-refractivity contribution is 5.93. The van der Waals surface area contributed by atoms with Gasteiger partial charge in [-0.05, 0) is 6.07 Å². The largest absolute Gasteiger partial charge is 0.465 e. The quantitative estimate of drug-likeness (QED) is 0.188. The van der Waals surface area contributed by atoms with Crippen LogP contribution in [0.2, 0.25) is 0 Å². The fourth-order valence-electron chi connectivity index (χ4n) is 3.27. The Morgan fingerprint density at radius 3 is 2.11 bits per heavy atom. The summed E-state index contributed by atoms with van der Waals surface area (Å²) in [6, 6.07) is 2.77. The van der Waals surface area contributed by atoms with Crippen LogP contribution in [-0.2, 0) is 47.6 Å². The number of methoxy groups -OCH3 is 1. The van der Waals surface area contributed by atoms with Crippen molar-refractivity contribution in [2.24, 2.45) is 0 Å². The van der Waals surface area contributed by atoms with Gasteiger partial charge in [-0.2, -0.15) is 0 Å². The van der Waals surface area contributed by atoms with E-state index in [1.165, 1.54) is 0 Å². The van der Waals surface area contributed by atoms with E-state index in [-0.39, 0.29) is 0 Å². The van der Waals surface area contributed by atoms with Crippen molar-refractivity contribution in [3.05, 3.63) is 33.9 Å². The predicted molar refractivity (Wildman–Crippen MR) is 117 cm³/mol. The second-order valence-electron chi connectivity index (χ2n) is 7.14. The third kappa shape index (κ3) is 7.86. The van der Waals surface area contributed by atoms with Gasteiger partial charge in [0.05, 0.1) is 12.0 Å². The minimum atomic E-state index is -1.88. The van der Waals surface area contributed by atoms with Gasteiger partial charge in [0.1, 0.15) is 24.0 Å². The third-order valence-corrected chi connectivity index (χ3v) is 4.62. The van der Waals surface area contributed by atoms with E-state index >= 15 is 0 Å². The first kappa shape index (κ1) is 23.1. The van der Waals surface area contributed by atoms with E-state index in [9.17, 15) is 34.1 Å². The van der Waals surface area contributed by atoms with Crippen molar-refractivity contribution >= 4 is 35.5 Å². The zero-order valence-electron chi connectivity index (χ0n) is 23.3. The highest BCUT2D eigenvalue weighted by Crippen LogP contribution is 2.33. The number of non-ortho nitro benzene ring substituents is 1. The van der Waals surface area contributed by atoms with E-state index in [0.717, 1.165) is 25.3 Å². The number of nitro benzene ring substituents is 1. The first-order chi connectivity index (χ1) is 19.5. The van der Waals surface area contributed by atoms with Crippen LogP contribution in [0.3, 0.4) is 0 Å². The van der Waals surface area contributed by atoms with Crippen LogP contribution in [0, 0.1) is 10.1 Å². The molecule has 0 N–H and O–H groups in total. The molecule has 5 atom stereocenters.